The van der Waals surface area contributed by atoms with E-state index in [4.69, 9.17) is 5.11 Å². The SMILES string of the molecule is CC(C)C(C)SCc1cccc(C(=O)O)c1F. The molecule has 0 radical (unpaired) electrons. The standard InChI is InChI=1S/C13H17FO2S/c1-8(2)9(3)17-7-10-5-4-6-11(12(10)14)13(15)16/h4-6,8-9H,7H2,1-3H3,(H,15,16). The first-order valence-electron chi connectivity index (χ1n) is 5.55. The third-order valence-electron chi connectivity index (χ3n) is 2.75. The number of rotatable bonds is 5. The van der Waals surface area contributed by atoms with Gasteiger partial charge in [-0.1, -0.05) is 32.9 Å². The quantitative estimate of drug-likeness (QED) is 0.870. The molecule has 0 heterocycles. The van der Waals surface area contributed by atoms with E-state index >= 15 is 0 Å². The summed E-state index contributed by atoms with van der Waals surface area (Å²) in [7, 11) is 0. The fraction of sp³-hybridized carbons (Fsp3) is 0.462. The van der Waals surface area contributed by atoms with Crippen molar-refractivity contribution in [2.75, 3.05) is 0 Å². The van der Waals surface area contributed by atoms with Gasteiger partial charge in [0, 0.05) is 11.0 Å². The molecule has 0 aromatic heterocycles. The Morgan fingerprint density at radius 1 is 1.41 bits per heavy atom. The van der Waals surface area contributed by atoms with Crippen molar-refractivity contribution in [2.45, 2.75) is 31.8 Å². The first-order valence-corrected chi connectivity index (χ1v) is 6.60. The van der Waals surface area contributed by atoms with Gasteiger partial charge in [0.05, 0.1) is 5.56 Å². The fourth-order valence-electron chi connectivity index (χ4n) is 1.27. The molecule has 1 N–H and O–H groups in total. The molecule has 0 spiro atoms. The van der Waals surface area contributed by atoms with Gasteiger partial charge in [0.1, 0.15) is 5.82 Å². The number of carboxylic acids is 1. The molecule has 1 atom stereocenters. The van der Waals surface area contributed by atoms with Crippen molar-refractivity contribution in [1.29, 1.82) is 0 Å². The summed E-state index contributed by atoms with van der Waals surface area (Å²) in [4.78, 5) is 10.8. The monoisotopic (exact) mass is 256 g/mol. The smallest absolute Gasteiger partial charge is 0.338 e. The molecule has 94 valence electrons. The molecule has 0 saturated carbocycles. The minimum absolute atomic E-state index is 0.250. The number of hydrogen-bond donors (Lipinski definition) is 1. The largest absolute Gasteiger partial charge is 0.478 e. The number of carbonyl (C=O) groups is 1. The normalized spacial score (nSPS) is 12.8. The number of thioether (sulfide) groups is 1. The van der Waals surface area contributed by atoms with Gasteiger partial charge in [0.25, 0.3) is 0 Å². The van der Waals surface area contributed by atoms with E-state index in [2.05, 4.69) is 20.8 Å². The summed E-state index contributed by atoms with van der Waals surface area (Å²) < 4.78 is 13.8. The predicted molar refractivity (Wildman–Crippen MR) is 69.0 cm³/mol. The Balaban J connectivity index is 2.79. The summed E-state index contributed by atoms with van der Waals surface area (Å²) in [6.45, 7) is 6.32. The Hall–Kier alpha value is -1.03. The van der Waals surface area contributed by atoms with E-state index in [-0.39, 0.29) is 5.56 Å². The molecular weight excluding hydrogens is 239 g/mol. The minimum atomic E-state index is -1.22. The Morgan fingerprint density at radius 2 is 2.06 bits per heavy atom. The van der Waals surface area contributed by atoms with Crippen LogP contribution in [0.5, 0.6) is 0 Å². The van der Waals surface area contributed by atoms with Crippen LogP contribution in [0.4, 0.5) is 4.39 Å². The first kappa shape index (κ1) is 14.0. The summed E-state index contributed by atoms with van der Waals surface area (Å²) in [5, 5.41) is 9.23. The van der Waals surface area contributed by atoms with Crippen LogP contribution in [0, 0.1) is 11.7 Å². The zero-order valence-electron chi connectivity index (χ0n) is 10.2. The predicted octanol–water partition coefficient (Wildman–Crippen LogP) is 3.80. The van der Waals surface area contributed by atoms with E-state index < -0.39 is 11.8 Å². The van der Waals surface area contributed by atoms with Gasteiger partial charge in [-0.05, 0) is 17.5 Å². The van der Waals surface area contributed by atoms with Gasteiger partial charge in [-0.25, -0.2) is 9.18 Å². The Bertz CT molecular complexity index is 404. The average molecular weight is 256 g/mol. The van der Waals surface area contributed by atoms with Gasteiger partial charge in [-0.3, -0.25) is 0 Å². The van der Waals surface area contributed by atoms with Crippen LogP contribution in [-0.4, -0.2) is 16.3 Å². The van der Waals surface area contributed by atoms with Crippen LogP contribution < -0.4 is 0 Å². The molecule has 0 amide bonds. The highest BCUT2D eigenvalue weighted by Gasteiger charge is 2.15. The maximum atomic E-state index is 13.8. The third kappa shape index (κ3) is 3.73. The van der Waals surface area contributed by atoms with Crippen molar-refractivity contribution in [3.05, 3.63) is 35.1 Å². The molecule has 1 aromatic carbocycles. The van der Waals surface area contributed by atoms with Crippen molar-refractivity contribution in [1.82, 2.24) is 0 Å². The zero-order chi connectivity index (χ0) is 13.0. The van der Waals surface area contributed by atoms with Crippen LogP contribution in [0.15, 0.2) is 18.2 Å². The molecule has 1 aromatic rings. The molecule has 0 aliphatic rings. The summed E-state index contributed by atoms with van der Waals surface area (Å²) in [5.74, 6) is -0.799. The molecule has 0 bridgehead atoms. The van der Waals surface area contributed by atoms with E-state index in [0.717, 1.165) is 0 Å². The first-order chi connectivity index (χ1) is 7.93. The summed E-state index contributed by atoms with van der Waals surface area (Å²) in [6.07, 6.45) is 0. The molecule has 0 aliphatic carbocycles. The van der Waals surface area contributed by atoms with E-state index in [9.17, 15) is 9.18 Å². The van der Waals surface area contributed by atoms with Crippen molar-refractivity contribution in [2.24, 2.45) is 5.92 Å². The van der Waals surface area contributed by atoms with Crippen LogP contribution in [0.1, 0.15) is 36.7 Å². The van der Waals surface area contributed by atoms with Gasteiger partial charge in [-0.2, -0.15) is 11.8 Å². The number of benzene rings is 1. The van der Waals surface area contributed by atoms with E-state index in [1.54, 1.807) is 23.9 Å². The van der Waals surface area contributed by atoms with Crippen LogP contribution in [0.25, 0.3) is 0 Å². The molecule has 2 nitrogen and oxygen atoms in total. The van der Waals surface area contributed by atoms with Gasteiger partial charge in [0.2, 0.25) is 0 Å². The Kier molecular flexibility index (Phi) is 5.00. The average Bonchev–Trinajstić information content (AvgIpc) is 2.26. The lowest BCUT2D eigenvalue weighted by molar-refractivity contribution is 0.0691. The third-order valence-corrected chi connectivity index (χ3v) is 4.30. The summed E-state index contributed by atoms with van der Waals surface area (Å²) >= 11 is 1.64. The second kappa shape index (κ2) is 6.05. The molecule has 1 unspecified atom stereocenters. The summed E-state index contributed by atoms with van der Waals surface area (Å²) in [5.41, 5.74) is 0.211. The Morgan fingerprint density at radius 3 is 2.59 bits per heavy atom. The van der Waals surface area contributed by atoms with Crippen molar-refractivity contribution in [3.63, 3.8) is 0 Å². The van der Waals surface area contributed by atoms with Crippen molar-refractivity contribution >= 4 is 17.7 Å². The maximum Gasteiger partial charge on any atom is 0.338 e. The molecule has 0 aliphatic heterocycles. The number of aromatic carboxylic acids is 1. The number of carboxylic acid groups (broad SMARTS) is 1. The number of halogens is 1. The van der Waals surface area contributed by atoms with Gasteiger partial charge < -0.3 is 5.11 Å². The molecule has 1 rings (SSSR count). The van der Waals surface area contributed by atoms with Crippen LogP contribution in [-0.2, 0) is 5.75 Å². The van der Waals surface area contributed by atoms with Gasteiger partial charge in [-0.15, -0.1) is 0 Å². The zero-order valence-corrected chi connectivity index (χ0v) is 11.1. The van der Waals surface area contributed by atoms with Gasteiger partial charge in [0.15, 0.2) is 0 Å². The highest BCUT2D eigenvalue weighted by molar-refractivity contribution is 7.99. The van der Waals surface area contributed by atoms with Crippen molar-refractivity contribution in [3.8, 4) is 0 Å². The lowest BCUT2D eigenvalue weighted by Crippen LogP contribution is -2.07. The molecule has 0 saturated heterocycles. The fourth-order valence-corrected chi connectivity index (χ4v) is 2.32. The second-order valence-corrected chi connectivity index (χ2v) is 5.71. The van der Waals surface area contributed by atoms with E-state index in [0.29, 0.717) is 22.5 Å². The maximum absolute atomic E-state index is 13.8. The molecule has 4 heteroatoms. The van der Waals surface area contributed by atoms with Gasteiger partial charge >= 0.3 is 5.97 Å². The summed E-state index contributed by atoms with van der Waals surface area (Å²) in [6, 6.07) is 4.52. The molecule has 17 heavy (non-hydrogen) atoms. The van der Waals surface area contributed by atoms with E-state index in [1.165, 1.54) is 6.07 Å². The molecule has 0 fully saturated rings. The number of hydrogen-bond acceptors (Lipinski definition) is 2. The second-order valence-electron chi connectivity index (χ2n) is 4.34. The highest BCUT2D eigenvalue weighted by atomic mass is 32.2. The lowest BCUT2D eigenvalue weighted by atomic mass is 10.1. The molecular formula is C13H17FO2S. The van der Waals surface area contributed by atoms with Crippen LogP contribution >= 0.6 is 11.8 Å². The minimum Gasteiger partial charge on any atom is -0.478 e. The Labute approximate surface area is 105 Å². The van der Waals surface area contributed by atoms with Crippen LogP contribution in [0.3, 0.4) is 0 Å². The highest BCUT2D eigenvalue weighted by Crippen LogP contribution is 2.25. The lowest BCUT2D eigenvalue weighted by Gasteiger charge is -2.15. The van der Waals surface area contributed by atoms with Crippen LogP contribution in [0.2, 0.25) is 0 Å². The van der Waals surface area contributed by atoms with Crippen molar-refractivity contribution < 1.29 is 14.3 Å². The van der Waals surface area contributed by atoms with E-state index in [1.807, 2.05) is 0 Å². The topological polar surface area (TPSA) is 37.3 Å².